The molecule has 1 aromatic rings. The van der Waals surface area contributed by atoms with E-state index in [0.29, 0.717) is 35.5 Å². The van der Waals surface area contributed by atoms with Crippen molar-refractivity contribution in [3.05, 3.63) is 29.0 Å². The Balaban J connectivity index is 1.52. The first kappa shape index (κ1) is 13.8. The monoisotopic (exact) mass is 294 g/mol. The summed E-state index contributed by atoms with van der Waals surface area (Å²) in [5, 5.41) is 13.8. The molecule has 2 fully saturated rings. The largest absolute Gasteiger partial charge is 0.390 e. The Morgan fingerprint density at radius 3 is 3.05 bits per heavy atom. The Morgan fingerprint density at radius 2 is 2.40 bits per heavy atom. The van der Waals surface area contributed by atoms with E-state index in [1.165, 1.54) is 12.6 Å². The Bertz CT molecular complexity index is 522. The molecule has 0 aliphatic heterocycles. The molecule has 0 unspecified atom stereocenters. The highest BCUT2D eigenvalue weighted by molar-refractivity contribution is 6.29. The number of rotatable bonds is 4. The zero-order chi connectivity index (χ0) is 14.2. The number of carbonyl (C=O) groups excluding carboxylic acids is 1. The molecule has 5 heteroatoms. The number of pyridine rings is 1. The number of amides is 1. The van der Waals surface area contributed by atoms with Crippen LogP contribution in [0.25, 0.3) is 0 Å². The number of hydrogen-bond donors (Lipinski definition) is 2. The molecule has 2 aliphatic rings. The zero-order valence-electron chi connectivity index (χ0n) is 11.3. The fourth-order valence-electron chi connectivity index (χ4n) is 3.76. The summed E-state index contributed by atoms with van der Waals surface area (Å²) in [6.45, 7) is 0.499. The highest BCUT2D eigenvalue weighted by Gasteiger charge is 2.49. The van der Waals surface area contributed by atoms with Gasteiger partial charge < -0.3 is 10.4 Å². The van der Waals surface area contributed by atoms with Gasteiger partial charge in [0.05, 0.1) is 5.60 Å². The van der Waals surface area contributed by atoms with E-state index in [0.717, 1.165) is 19.3 Å². The van der Waals surface area contributed by atoms with Crippen LogP contribution in [0.2, 0.25) is 5.15 Å². The predicted octanol–water partition coefficient (Wildman–Crippen LogP) is 2.41. The molecule has 2 saturated carbocycles. The van der Waals surface area contributed by atoms with Gasteiger partial charge in [0.25, 0.3) is 5.91 Å². The molecule has 2 bridgehead atoms. The average Bonchev–Trinajstić information content (AvgIpc) is 2.98. The van der Waals surface area contributed by atoms with Crippen LogP contribution in [0.4, 0.5) is 0 Å². The van der Waals surface area contributed by atoms with Crippen LogP contribution in [0, 0.1) is 11.8 Å². The molecule has 0 aromatic carbocycles. The first-order valence-corrected chi connectivity index (χ1v) is 7.57. The van der Waals surface area contributed by atoms with Gasteiger partial charge >= 0.3 is 0 Å². The van der Waals surface area contributed by atoms with E-state index >= 15 is 0 Å². The van der Waals surface area contributed by atoms with E-state index < -0.39 is 5.60 Å². The molecule has 4 nitrogen and oxygen atoms in total. The number of nitrogens with zero attached hydrogens (tertiary/aromatic N) is 1. The summed E-state index contributed by atoms with van der Waals surface area (Å²) in [6.07, 6.45) is 6.60. The fourth-order valence-corrected chi connectivity index (χ4v) is 3.93. The van der Waals surface area contributed by atoms with Gasteiger partial charge in [-0.25, -0.2) is 4.98 Å². The van der Waals surface area contributed by atoms with Crippen LogP contribution in [-0.4, -0.2) is 28.1 Å². The van der Waals surface area contributed by atoms with Gasteiger partial charge in [0.15, 0.2) is 0 Å². The summed E-state index contributed by atoms with van der Waals surface area (Å²) in [7, 11) is 0. The lowest BCUT2D eigenvalue weighted by atomic mass is 9.82. The molecule has 2 N–H and O–H groups in total. The molecule has 1 heterocycles. The molecule has 2 aliphatic carbocycles. The molecule has 108 valence electrons. The van der Waals surface area contributed by atoms with Gasteiger partial charge in [0.2, 0.25) is 0 Å². The second-order valence-electron chi connectivity index (χ2n) is 6.06. The van der Waals surface area contributed by atoms with Crippen molar-refractivity contribution in [1.29, 1.82) is 0 Å². The maximum atomic E-state index is 12.0. The van der Waals surface area contributed by atoms with E-state index in [2.05, 4.69) is 10.3 Å². The smallest absolute Gasteiger partial charge is 0.251 e. The van der Waals surface area contributed by atoms with Crippen molar-refractivity contribution in [3.63, 3.8) is 0 Å². The lowest BCUT2D eigenvalue weighted by Gasteiger charge is -2.32. The van der Waals surface area contributed by atoms with Gasteiger partial charge in [-0.05, 0) is 56.1 Å². The third-order valence-corrected chi connectivity index (χ3v) is 4.98. The van der Waals surface area contributed by atoms with Crippen molar-refractivity contribution >= 4 is 17.5 Å². The van der Waals surface area contributed by atoms with Gasteiger partial charge in [-0.15, -0.1) is 0 Å². The van der Waals surface area contributed by atoms with Gasteiger partial charge in [0, 0.05) is 18.3 Å². The van der Waals surface area contributed by atoms with Crippen LogP contribution in [0.15, 0.2) is 18.3 Å². The molecule has 20 heavy (non-hydrogen) atoms. The quantitative estimate of drug-likeness (QED) is 0.838. The number of aromatic nitrogens is 1. The topological polar surface area (TPSA) is 62.2 Å². The molecule has 1 amide bonds. The molecule has 0 saturated heterocycles. The molecule has 3 rings (SSSR count). The maximum Gasteiger partial charge on any atom is 0.251 e. The normalized spacial score (nSPS) is 31.5. The maximum absolute atomic E-state index is 12.0. The number of nitrogens with one attached hydrogen (secondary N) is 1. The lowest BCUT2D eigenvalue weighted by molar-refractivity contribution is -0.0195. The van der Waals surface area contributed by atoms with Crippen LogP contribution in [-0.2, 0) is 0 Å². The van der Waals surface area contributed by atoms with Crippen molar-refractivity contribution in [2.45, 2.75) is 37.7 Å². The third-order valence-electron chi connectivity index (χ3n) is 4.78. The molecule has 3 atom stereocenters. The number of fused-ring (bicyclic) bond motifs is 2. The minimum absolute atomic E-state index is 0.166. The van der Waals surface area contributed by atoms with E-state index in [9.17, 15) is 9.90 Å². The number of carbonyl (C=O) groups is 1. The predicted molar refractivity (Wildman–Crippen MR) is 76.6 cm³/mol. The summed E-state index contributed by atoms with van der Waals surface area (Å²) in [5.41, 5.74) is -0.0588. The van der Waals surface area contributed by atoms with Crippen LogP contribution in [0.3, 0.4) is 0 Å². The Hall–Kier alpha value is -1.13. The summed E-state index contributed by atoms with van der Waals surface area (Å²) in [4.78, 5) is 15.8. The van der Waals surface area contributed by atoms with Gasteiger partial charge in [-0.2, -0.15) is 0 Å². The van der Waals surface area contributed by atoms with E-state index in [-0.39, 0.29) is 5.91 Å². The fraction of sp³-hybridized carbons (Fsp3) is 0.600. The van der Waals surface area contributed by atoms with Crippen LogP contribution >= 0.6 is 11.6 Å². The van der Waals surface area contributed by atoms with Crippen molar-refractivity contribution in [1.82, 2.24) is 10.3 Å². The summed E-state index contributed by atoms with van der Waals surface area (Å²) in [6, 6.07) is 3.18. The first-order chi connectivity index (χ1) is 9.57. The highest BCUT2D eigenvalue weighted by Crippen LogP contribution is 2.51. The summed E-state index contributed by atoms with van der Waals surface area (Å²) < 4.78 is 0. The van der Waals surface area contributed by atoms with Gasteiger partial charge in [0.1, 0.15) is 5.15 Å². The third kappa shape index (κ3) is 2.67. The molecular formula is C15H19ClN2O2. The second-order valence-corrected chi connectivity index (χ2v) is 6.44. The number of hydrogen-bond acceptors (Lipinski definition) is 3. The van der Waals surface area contributed by atoms with E-state index in [4.69, 9.17) is 11.6 Å². The second kappa shape index (κ2) is 5.34. The number of aliphatic hydroxyl groups is 1. The van der Waals surface area contributed by atoms with Gasteiger partial charge in [-0.1, -0.05) is 11.6 Å². The van der Waals surface area contributed by atoms with Crippen molar-refractivity contribution in [3.8, 4) is 0 Å². The molecule has 0 spiro atoms. The van der Waals surface area contributed by atoms with Crippen molar-refractivity contribution in [2.24, 2.45) is 11.8 Å². The van der Waals surface area contributed by atoms with E-state index in [1.807, 2.05) is 0 Å². The SMILES string of the molecule is O=C(NCC[C@@]1(O)C[C@H]2CC[C@H]1C2)c1ccnc(Cl)c1. The van der Waals surface area contributed by atoms with Crippen LogP contribution in [0.1, 0.15) is 42.5 Å². The Kier molecular flexibility index (Phi) is 3.69. The van der Waals surface area contributed by atoms with Crippen molar-refractivity contribution in [2.75, 3.05) is 6.54 Å². The van der Waals surface area contributed by atoms with Gasteiger partial charge in [-0.3, -0.25) is 4.79 Å². The molecule has 1 aromatic heterocycles. The number of halogens is 1. The summed E-state index contributed by atoms with van der Waals surface area (Å²) in [5.74, 6) is 0.959. The van der Waals surface area contributed by atoms with Crippen LogP contribution in [0.5, 0.6) is 0 Å². The zero-order valence-corrected chi connectivity index (χ0v) is 12.1. The minimum atomic E-state index is -0.563. The summed E-state index contributed by atoms with van der Waals surface area (Å²) >= 11 is 5.76. The lowest BCUT2D eigenvalue weighted by Crippen LogP contribution is -2.39. The minimum Gasteiger partial charge on any atom is -0.390 e. The Labute approximate surface area is 123 Å². The van der Waals surface area contributed by atoms with E-state index in [1.54, 1.807) is 12.1 Å². The molecule has 0 radical (unpaired) electrons. The van der Waals surface area contributed by atoms with Crippen molar-refractivity contribution < 1.29 is 9.90 Å². The Morgan fingerprint density at radius 1 is 1.55 bits per heavy atom. The van der Waals surface area contributed by atoms with Crippen LogP contribution < -0.4 is 5.32 Å². The first-order valence-electron chi connectivity index (χ1n) is 7.19. The standard InChI is InChI=1S/C15H19ClN2O2/c16-13-8-11(3-5-17-13)14(19)18-6-4-15(20)9-10-1-2-12(15)7-10/h3,5,8,10,12,20H,1-2,4,6-7,9H2,(H,18,19)/t10-,12-,15+/m0/s1. The highest BCUT2D eigenvalue weighted by atomic mass is 35.5. The molecular weight excluding hydrogens is 276 g/mol. The average molecular weight is 295 g/mol.